The number of carbonyl (C=O) groups is 2. The van der Waals surface area contributed by atoms with E-state index in [2.05, 4.69) is 5.32 Å². The monoisotopic (exact) mass is 726 g/mol. The van der Waals surface area contributed by atoms with E-state index >= 15 is 0 Å². The zero-order valence-electron chi connectivity index (χ0n) is 27.1. The van der Waals surface area contributed by atoms with Gasteiger partial charge >= 0.3 is 11.9 Å². The van der Waals surface area contributed by atoms with Crippen molar-refractivity contribution in [2.45, 2.75) is 42.4 Å². The fourth-order valence-corrected chi connectivity index (χ4v) is 6.40. The highest BCUT2D eigenvalue weighted by Crippen LogP contribution is 2.41. The predicted molar refractivity (Wildman–Crippen MR) is 187 cm³/mol. The van der Waals surface area contributed by atoms with Crippen LogP contribution in [-0.2, 0) is 20.0 Å². The summed E-state index contributed by atoms with van der Waals surface area (Å²) in [6, 6.07) is 22.1. The molecule has 1 aliphatic rings. The first-order valence-corrected chi connectivity index (χ1v) is 18.6. The predicted octanol–water partition coefficient (Wildman–Crippen LogP) is 5.46. The number of nitrogens with zero attached hydrogens (tertiary/aromatic N) is 1. The van der Waals surface area contributed by atoms with Gasteiger partial charge in [0.05, 0.1) is 22.5 Å². The zero-order valence-corrected chi connectivity index (χ0v) is 28.7. The second-order valence-electron chi connectivity index (χ2n) is 11.2. The first-order valence-electron chi connectivity index (χ1n) is 15.5. The first-order chi connectivity index (χ1) is 23.7. The molecule has 0 bridgehead atoms. The van der Waals surface area contributed by atoms with Crippen molar-refractivity contribution in [3.63, 3.8) is 0 Å². The van der Waals surface area contributed by atoms with Gasteiger partial charge < -0.3 is 29.9 Å². The Balaban J connectivity index is 0.000000225. The van der Waals surface area contributed by atoms with E-state index in [0.717, 1.165) is 37.8 Å². The molecule has 0 unspecified atom stereocenters. The van der Waals surface area contributed by atoms with Gasteiger partial charge in [0.1, 0.15) is 21.3 Å². The quantitative estimate of drug-likeness (QED) is 0.108. The summed E-state index contributed by atoms with van der Waals surface area (Å²) in [6.45, 7) is 3.93. The molecule has 5 rings (SSSR count). The van der Waals surface area contributed by atoms with E-state index in [1.807, 2.05) is 17.9 Å². The summed E-state index contributed by atoms with van der Waals surface area (Å²) in [5.41, 5.74) is 0.348. The van der Waals surface area contributed by atoms with Gasteiger partial charge in [-0.15, -0.1) is 0 Å². The fraction of sp³-hybridized carbons (Fsp3) is 0.235. The molecule has 50 heavy (non-hydrogen) atoms. The summed E-state index contributed by atoms with van der Waals surface area (Å²) in [5.74, 6) is -1.59. The lowest BCUT2D eigenvalue weighted by molar-refractivity contribution is 0.0685. The smallest absolute Gasteiger partial charge is 0.335 e. The van der Waals surface area contributed by atoms with Gasteiger partial charge in [-0.25, -0.2) is 36.7 Å². The van der Waals surface area contributed by atoms with Crippen LogP contribution in [-0.4, -0.2) is 58.6 Å². The van der Waals surface area contributed by atoms with E-state index in [1.165, 1.54) is 12.1 Å². The number of rotatable bonds is 13. The molecule has 1 saturated heterocycles. The molecule has 7 N–H and O–H groups in total. The molecule has 0 radical (unpaired) electrons. The van der Waals surface area contributed by atoms with E-state index < -0.39 is 32.0 Å². The summed E-state index contributed by atoms with van der Waals surface area (Å²) in [4.78, 5) is 24.0. The SMILES string of the molecule is CCCCNc1cc(C(=O)O)cc(S(N)(=O)=O)c1Oc1ccccc1.NS(=O)(=O)c1cc(C(=O)O)cc(N2CCCC2)c1Oc1ccccc1. The Morgan fingerprint density at radius 3 is 1.66 bits per heavy atom. The Morgan fingerprint density at radius 1 is 0.740 bits per heavy atom. The van der Waals surface area contributed by atoms with E-state index in [9.17, 15) is 36.6 Å². The topological polar surface area (TPSA) is 229 Å². The third-order valence-electron chi connectivity index (χ3n) is 7.42. The van der Waals surface area contributed by atoms with Gasteiger partial charge in [-0.1, -0.05) is 49.7 Å². The molecule has 1 fully saturated rings. The molecule has 0 aliphatic carbocycles. The second kappa shape index (κ2) is 16.5. The molecule has 1 aliphatic heterocycles. The van der Waals surface area contributed by atoms with Gasteiger partial charge in [0.25, 0.3) is 0 Å². The standard InChI is InChI=1S/C17H18N2O5S.C17H20N2O5S/c18-25(22,23)15-11-12(17(20)21)10-14(19-8-4-5-9-19)16(15)24-13-6-2-1-3-7-13;1-2-3-9-19-14-10-12(17(20)21)11-15(25(18,22)23)16(14)24-13-7-5-4-6-8-13/h1-3,6-7,10-11H,4-5,8-9H2,(H,20,21)(H2,18,22,23);4-8,10-11,19H,2-3,9H2,1H3,(H,20,21)(H2,18,22,23). The summed E-state index contributed by atoms with van der Waals surface area (Å²) in [6.07, 6.45) is 3.62. The number of nitrogens with two attached hydrogens (primary N) is 2. The largest absolute Gasteiger partial charge is 0.478 e. The number of ether oxygens (including phenoxy) is 2. The van der Waals surface area contributed by atoms with Crippen LogP contribution in [0.5, 0.6) is 23.0 Å². The van der Waals surface area contributed by atoms with Gasteiger partial charge in [0.2, 0.25) is 20.0 Å². The maximum Gasteiger partial charge on any atom is 0.335 e. The third kappa shape index (κ3) is 9.94. The highest BCUT2D eigenvalue weighted by Gasteiger charge is 2.27. The molecule has 0 saturated carbocycles. The minimum Gasteiger partial charge on any atom is -0.478 e. The third-order valence-corrected chi connectivity index (χ3v) is 9.25. The Bertz CT molecular complexity index is 2040. The van der Waals surface area contributed by atoms with E-state index in [4.69, 9.17) is 19.8 Å². The Morgan fingerprint density at radius 2 is 1.20 bits per heavy atom. The normalized spacial score (nSPS) is 12.8. The number of para-hydroxylation sites is 2. The number of anilines is 2. The number of carboxylic acid groups (broad SMARTS) is 2. The van der Waals surface area contributed by atoms with Crippen LogP contribution < -0.4 is 30.0 Å². The van der Waals surface area contributed by atoms with Gasteiger partial charge in [-0.05, 0) is 67.8 Å². The van der Waals surface area contributed by atoms with Crippen molar-refractivity contribution in [2.24, 2.45) is 10.3 Å². The second-order valence-corrected chi connectivity index (χ2v) is 14.2. The highest BCUT2D eigenvalue weighted by molar-refractivity contribution is 7.89. The van der Waals surface area contributed by atoms with Gasteiger partial charge in [-0.3, -0.25) is 0 Å². The van der Waals surface area contributed by atoms with E-state index in [0.29, 0.717) is 36.8 Å². The summed E-state index contributed by atoms with van der Waals surface area (Å²) < 4.78 is 59.6. The molecule has 16 heteroatoms. The minimum atomic E-state index is -4.19. The Labute approximate surface area is 290 Å². The minimum absolute atomic E-state index is 0.0187. The number of hydrogen-bond acceptors (Lipinski definition) is 10. The maximum atomic E-state index is 12.1. The van der Waals surface area contributed by atoms with Crippen LogP contribution in [0.3, 0.4) is 0 Å². The van der Waals surface area contributed by atoms with Crippen molar-refractivity contribution in [3.05, 3.63) is 96.1 Å². The van der Waals surface area contributed by atoms with Crippen molar-refractivity contribution in [1.29, 1.82) is 0 Å². The highest BCUT2D eigenvalue weighted by atomic mass is 32.2. The molecule has 4 aromatic carbocycles. The van der Waals surface area contributed by atoms with Crippen molar-refractivity contribution < 1.29 is 46.1 Å². The Kier molecular flexibility index (Phi) is 12.4. The summed E-state index contributed by atoms with van der Waals surface area (Å²) in [7, 11) is -8.37. The van der Waals surface area contributed by atoms with Crippen LogP contribution in [0, 0.1) is 0 Å². The first kappa shape index (κ1) is 37.7. The molecule has 266 valence electrons. The van der Waals surface area contributed by atoms with Crippen molar-refractivity contribution >= 4 is 43.4 Å². The number of carboxylic acids is 2. The Hall–Kier alpha value is -5.16. The molecule has 0 amide bonds. The number of sulfonamides is 2. The zero-order chi connectivity index (χ0) is 36.5. The number of nitrogens with one attached hydrogen (secondary N) is 1. The van der Waals surface area contributed by atoms with Crippen LogP contribution in [0.4, 0.5) is 11.4 Å². The number of aromatic carboxylic acids is 2. The average molecular weight is 727 g/mol. The lowest BCUT2D eigenvalue weighted by Gasteiger charge is -2.23. The van der Waals surface area contributed by atoms with Crippen LogP contribution in [0.1, 0.15) is 53.3 Å². The lowest BCUT2D eigenvalue weighted by Crippen LogP contribution is -2.21. The number of primary sulfonamides is 2. The van der Waals surface area contributed by atoms with Crippen LogP contribution in [0.25, 0.3) is 0 Å². The number of hydrogen-bond donors (Lipinski definition) is 5. The molecular formula is C34H38N4O10S2. The molecule has 4 aromatic rings. The summed E-state index contributed by atoms with van der Waals surface area (Å²) in [5, 5.41) is 32.2. The van der Waals surface area contributed by atoms with Gasteiger partial charge in [0, 0.05) is 19.6 Å². The van der Waals surface area contributed by atoms with Crippen LogP contribution in [0.2, 0.25) is 0 Å². The van der Waals surface area contributed by atoms with E-state index in [-0.39, 0.29) is 38.1 Å². The molecule has 0 aromatic heterocycles. The van der Waals surface area contributed by atoms with Gasteiger partial charge in [0.15, 0.2) is 11.5 Å². The van der Waals surface area contributed by atoms with Crippen molar-refractivity contribution in [3.8, 4) is 23.0 Å². The summed E-state index contributed by atoms with van der Waals surface area (Å²) >= 11 is 0. The molecular weight excluding hydrogens is 689 g/mol. The molecule has 0 spiro atoms. The lowest BCUT2D eigenvalue weighted by atomic mass is 10.1. The molecule has 14 nitrogen and oxygen atoms in total. The maximum absolute atomic E-state index is 12.1. The number of benzene rings is 4. The van der Waals surface area contributed by atoms with Gasteiger partial charge in [-0.2, -0.15) is 0 Å². The molecule has 0 atom stereocenters. The fourth-order valence-electron chi connectivity index (χ4n) is 5.00. The van der Waals surface area contributed by atoms with Crippen LogP contribution >= 0.6 is 0 Å². The average Bonchev–Trinajstić information content (AvgIpc) is 3.61. The number of unbranched alkanes of at least 4 members (excludes halogenated alkanes) is 1. The molecule has 1 heterocycles. The van der Waals surface area contributed by atoms with Crippen molar-refractivity contribution in [2.75, 3.05) is 29.9 Å². The van der Waals surface area contributed by atoms with E-state index in [1.54, 1.807) is 54.6 Å². The van der Waals surface area contributed by atoms with Crippen molar-refractivity contribution in [1.82, 2.24) is 0 Å². The van der Waals surface area contributed by atoms with Crippen LogP contribution in [0.15, 0.2) is 94.7 Å².